The van der Waals surface area contributed by atoms with Crippen LogP contribution in [0.4, 0.5) is 0 Å². The molecule has 0 aliphatic rings. The maximum atomic E-state index is 9.23. The minimum absolute atomic E-state index is 0.00433. The second-order valence-electron chi connectivity index (χ2n) is 15.1. The van der Waals surface area contributed by atoms with Gasteiger partial charge in [0, 0.05) is 49.0 Å². The van der Waals surface area contributed by atoms with Gasteiger partial charge in [-0.3, -0.25) is 4.98 Å². The van der Waals surface area contributed by atoms with Crippen LogP contribution in [0.1, 0.15) is 9.60 Å². The highest BCUT2D eigenvalue weighted by Gasteiger charge is 2.25. The molecule has 12 rings (SSSR count). The van der Waals surface area contributed by atoms with E-state index in [-0.39, 0.29) is 51.7 Å². The molecule has 0 aliphatic heterocycles. The molecule has 12 aromatic rings. The SMILES string of the molecule is [2H]c1nc2c(c([2H])c1[2H])c([2H])c([2H])c1c([2H])c([2H])c(-c3ccc(-c4cccc(-c5sc(-c6cc7ccccc7c7ccccc67)c(-c6ccccc6)c5-c5ccccc5)c4)c4ccccc34)nc12. The number of hydrogen-bond acceptors (Lipinski definition) is 3. The summed E-state index contributed by atoms with van der Waals surface area (Å²) in [7, 11) is 0. The first-order chi connectivity index (χ1) is 33.2. The summed E-state index contributed by atoms with van der Waals surface area (Å²) < 4.78 is 60.9. The van der Waals surface area contributed by atoms with Gasteiger partial charge in [0.2, 0.25) is 0 Å². The first-order valence-corrected chi connectivity index (χ1v) is 21.0. The van der Waals surface area contributed by atoms with E-state index in [4.69, 9.17) is 13.2 Å². The lowest BCUT2D eigenvalue weighted by atomic mass is 9.88. The molecular formula is C58H36N2S. The minimum Gasteiger partial charge on any atom is -0.254 e. The Bertz CT molecular complexity index is 4060. The Morgan fingerprint density at radius 3 is 1.69 bits per heavy atom. The van der Waals surface area contributed by atoms with Crippen LogP contribution in [-0.4, -0.2) is 9.97 Å². The zero-order valence-electron chi connectivity index (χ0n) is 39.5. The molecule has 0 spiro atoms. The minimum atomic E-state index is -0.462. The molecule has 0 amide bonds. The van der Waals surface area contributed by atoms with E-state index in [2.05, 4.69) is 145 Å². The average molecular weight is 800 g/mol. The smallest absolute Gasteiger partial charge is 0.0972 e. The van der Waals surface area contributed by atoms with Crippen molar-refractivity contribution in [1.29, 1.82) is 0 Å². The van der Waals surface area contributed by atoms with Gasteiger partial charge in [-0.15, -0.1) is 11.3 Å². The van der Waals surface area contributed by atoms with Crippen molar-refractivity contribution >= 4 is 65.5 Å². The van der Waals surface area contributed by atoms with Gasteiger partial charge >= 0.3 is 0 Å². The Hall–Kier alpha value is -7.72. The summed E-state index contributed by atoms with van der Waals surface area (Å²) in [6.07, 6.45) is -0.462. The van der Waals surface area contributed by atoms with E-state index in [9.17, 15) is 1.37 Å². The third kappa shape index (κ3) is 5.93. The van der Waals surface area contributed by atoms with E-state index in [0.29, 0.717) is 5.56 Å². The summed E-state index contributed by atoms with van der Waals surface area (Å²) >= 11 is 1.81. The standard InChI is InChI=1S/C58H36N2S/c1-3-15-37(16-4-1)53-54(38-17-5-2-6-18-38)58(51-36-42-19-7-8-23-44(42)46-24-10-12-27-49(46)51)61-57(53)43-21-13-20-41(35-43)45-31-32-50(48-26-11-9-25-47(45)48)52-33-30-40-29-28-39-22-14-34-59-55(39)56(40)60-52/h1-36H/i14D,22D,28D,29D,30D,33D,34D. The van der Waals surface area contributed by atoms with Gasteiger partial charge in [-0.2, -0.15) is 0 Å². The molecule has 3 heterocycles. The number of rotatable bonds is 6. The van der Waals surface area contributed by atoms with E-state index < -0.39 is 18.3 Å². The van der Waals surface area contributed by atoms with Crippen LogP contribution in [0.15, 0.2) is 218 Å². The number of hydrogen-bond donors (Lipinski definition) is 0. The van der Waals surface area contributed by atoms with E-state index >= 15 is 0 Å². The van der Waals surface area contributed by atoms with Gasteiger partial charge in [0.1, 0.15) is 0 Å². The molecule has 0 saturated heterocycles. The molecule has 0 aliphatic carbocycles. The monoisotopic (exact) mass is 799 g/mol. The highest BCUT2D eigenvalue weighted by Crippen LogP contribution is 2.54. The summed E-state index contributed by atoms with van der Waals surface area (Å²) in [5, 5.41) is 6.39. The summed E-state index contributed by atoms with van der Waals surface area (Å²) in [6, 6.07) is 59.4. The molecule has 0 radical (unpaired) electrons. The first-order valence-electron chi connectivity index (χ1n) is 23.7. The van der Waals surface area contributed by atoms with Crippen LogP contribution < -0.4 is 0 Å². The second-order valence-corrected chi connectivity index (χ2v) is 16.1. The zero-order chi connectivity index (χ0) is 46.4. The number of benzene rings is 9. The highest BCUT2D eigenvalue weighted by molar-refractivity contribution is 7.20. The maximum Gasteiger partial charge on any atom is 0.0972 e. The van der Waals surface area contributed by atoms with Gasteiger partial charge < -0.3 is 0 Å². The summed E-state index contributed by atoms with van der Waals surface area (Å²) in [6.45, 7) is 0. The van der Waals surface area contributed by atoms with Crippen molar-refractivity contribution in [2.75, 3.05) is 0 Å². The van der Waals surface area contributed by atoms with Crippen molar-refractivity contribution in [2.24, 2.45) is 0 Å². The van der Waals surface area contributed by atoms with E-state index in [1.165, 1.54) is 37.5 Å². The molecule has 0 N–H and O–H groups in total. The fourth-order valence-corrected chi connectivity index (χ4v) is 10.2. The van der Waals surface area contributed by atoms with Crippen LogP contribution in [0.5, 0.6) is 0 Å². The maximum absolute atomic E-state index is 9.23. The quantitative estimate of drug-likeness (QED) is 0.157. The topological polar surface area (TPSA) is 25.8 Å². The summed E-state index contributed by atoms with van der Waals surface area (Å²) in [5.74, 6) is 0. The highest BCUT2D eigenvalue weighted by atomic mass is 32.1. The number of fused-ring (bicyclic) bond motifs is 7. The number of pyridine rings is 2. The van der Waals surface area contributed by atoms with E-state index in [1.807, 2.05) is 47.7 Å². The zero-order valence-corrected chi connectivity index (χ0v) is 33.4. The van der Waals surface area contributed by atoms with Gasteiger partial charge in [0.05, 0.1) is 26.3 Å². The van der Waals surface area contributed by atoms with Crippen molar-refractivity contribution in [3.8, 4) is 65.5 Å². The third-order valence-electron chi connectivity index (χ3n) is 11.6. The van der Waals surface area contributed by atoms with Crippen molar-refractivity contribution in [1.82, 2.24) is 9.97 Å². The van der Waals surface area contributed by atoms with Crippen molar-refractivity contribution in [2.45, 2.75) is 0 Å². The Balaban J connectivity index is 1.08. The Morgan fingerprint density at radius 2 is 0.934 bits per heavy atom. The lowest BCUT2D eigenvalue weighted by molar-refractivity contribution is 1.37. The van der Waals surface area contributed by atoms with Crippen molar-refractivity contribution in [3.05, 3.63) is 218 Å². The van der Waals surface area contributed by atoms with Gasteiger partial charge in [0.25, 0.3) is 0 Å². The fraction of sp³-hybridized carbons (Fsp3) is 0. The van der Waals surface area contributed by atoms with Gasteiger partial charge in [-0.1, -0.05) is 188 Å². The molecular weight excluding hydrogens is 757 g/mol. The van der Waals surface area contributed by atoms with E-state index in [1.54, 1.807) is 0 Å². The van der Waals surface area contributed by atoms with Crippen molar-refractivity contribution < 1.29 is 9.60 Å². The Kier molecular flexibility index (Phi) is 6.83. The van der Waals surface area contributed by atoms with Gasteiger partial charge in [-0.25, -0.2) is 4.98 Å². The van der Waals surface area contributed by atoms with Crippen LogP contribution in [-0.2, 0) is 0 Å². The molecule has 2 nitrogen and oxygen atoms in total. The molecule has 3 heteroatoms. The largest absolute Gasteiger partial charge is 0.254 e. The first kappa shape index (κ1) is 28.7. The lowest BCUT2D eigenvalue weighted by Crippen LogP contribution is -1.91. The molecule has 0 atom stereocenters. The molecule has 0 unspecified atom stereocenters. The van der Waals surface area contributed by atoms with Gasteiger partial charge in [0.15, 0.2) is 0 Å². The average Bonchev–Trinajstić information content (AvgIpc) is 3.79. The van der Waals surface area contributed by atoms with Crippen LogP contribution in [0, 0.1) is 0 Å². The number of aromatic nitrogens is 2. The molecule has 0 bridgehead atoms. The second kappa shape index (κ2) is 14.5. The van der Waals surface area contributed by atoms with Crippen LogP contribution in [0.2, 0.25) is 0 Å². The normalized spacial score (nSPS) is 13.2. The van der Waals surface area contributed by atoms with Gasteiger partial charge in [-0.05, 0) is 84.4 Å². The molecule has 61 heavy (non-hydrogen) atoms. The number of thiophene rings is 1. The van der Waals surface area contributed by atoms with E-state index in [0.717, 1.165) is 49.0 Å². The van der Waals surface area contributed by atoms with Crippen LogP contribution in [0.25, 0.3) is 120 Å². The molecule has 0 fully saturated rings. The number of nitrogens with zero attached hydrogens (tertiary/aromatic N) is 2. The van der Waals surface area contributed by atoms with Crippen LogP contribution >= 0.6 is 11.3 Å². The predicted octanol–water partition coefficient (Wildman–Crippen LogP) is 16.3. The Labute approximate surface area is 367 Å². The third-order valence-corrected chi connectivity index (χ3v) is 12.9. The molecule has 284 valence electrons. The van der Waals surface area contributed by atoms with Crippen molar-refractivity contribution in [3.63, 3.8) is 0 Å². The molecule has 0 saturated carbocycles. The molecule has 3 aromatic heterocycles. The summed E-state index contributed by atoms with van der Waals surface area (Å²) in [5.41, 5.74) is 9.61. The van der Waals surface area contributed by atoms with Crippen LogP contribution in [0.3, 0.4) is 0 Å². The Morgan fingerprint density at radius 1 is 0.377 bits per heavy atom. The summed E-state index contributed by atoms with van der Waals surface area (Å²) in [4.78, 5) is 11.5. The lowest BCUT2D eigenvalue weighted by Gasteiger charge is -2.14. The predicted molar refractivity (Wildman–Crippen MR) is 260 cm³/mol. The fourth-order valence-electron chi connectivity index (χ4n) is 8.85. The molecule has 9 aromatic carbocycles.